The van der Waals surface area contributed by atoms with Crippen molar-refractivity contribution in [1.29, 1.82) is 0 Å². The molecule has 2 heterocycles. The lowest BCUT2D eigenvalue weighted by Gasteiger charge is -2.22. The Balaban J connectivity index is 1.50. The summed E-state index contributed by atoms with van der Waals surface area (Å²) in [6.07, 6.45) is 1.94. The highest BCUT2D eigenvalue weighted by atomic mass is 35.5. The summed E-state index contributed by atoms with van der Waals surface area (Å²) in [5.41, 5.74) is 1.92. The van der Waals surface area contributed by atoms with Crippen LogP contribution in [0.25, 0.3) is 5.76 Å². The van der Waals surface area contributed by atoms with Gasteiger partial charge in [-0.15, -0.1) is 10.2 Å². The van der Waals surface area contributed by atoms with Crippen LogP contribution in [0.15, 0.2) is 82.7 Å². The second-order valence-electron chi connectivity index (χ2n) is 9.63. The Hall–Kier alpha value is -3.86. The number of nitrogens with zero attached hydrogens (tertiary/aromatic N) is 3. The molecule has 0 radical (unpaired) electrons. The van der Waals surface area contributed by atoms with E-state index in [1.54, 1.807) is 48.5 Å². The van der Waals surface area contributed by atoms with Gasteiger partial charge in [-0.3, -0.25) is 14.5 Å². The SMILES string of the molecule is CCCCOc1ccc(C(O)=C2C(=O)C(=O)N(c3nnc(SCc4ccccc4Cl)s3)[C@H]2c2ccc(OCC)cc2)cc1. The van der Waals surface area contributed by atoms with Crippen LogP contribution in [0.2, 0.25) is 5.02 Å². The number of carbonyl (C=O) groups is 2. The third-order valence-corrected chi connectivity index (χ3v) is 9.23. The number of anilines is 1. The summed E-state index contributed by atoms with van der Waals surface area (Å²) < 4.78 is 11.9. The lowest BCUT2D eigenvalue weighted by Crippen LogP contribution is -2.29. The van der Waals surface area contributed by atoms with Crippen molar-refractivity contribution in [2.75, 3.05) is 18.1 Å². The van der Waals surface area contributed by atoms with Gasteiger partial charge in [0.15, 0.2) is 4.34 Å². The molecule has 8 nitrogen and oxygen atoms in total. The number of hydrogen-bond donors (Lipinski definition) is 1. The van der Waals surface area contributed by atoms with Crippen LogP contribution in [-0.2, 0) is 15.3 Å². The number of hydrogen-bond acceptors (Lipinski definition) is 9. The van der Waals surface area contributed by atoms with Crippen LogP contribution >= 0.6 is 34.7 Å². The number of aromatic nitrogens is 2. The molecule has 1 aliphatic heterocycles. The number of rotatable bonds is 12. The van der Waals surface area contributed by atoms with Gasteiger partial charge in [0.1, 0.15) is 17.3 Å². The number of amides is 1. The Morgan fingerprint density at radius 3 is 2.37 bits per heavy atom. The normalized spacial score (nSPS) is 16.1. The Labute approximate surface area is 263 Å². The maximum Gasteiger partial charge on any atom is 0.301 e. The smallest absolute Gasteiger partial charge is 0.301 e. The average molecular weight is 636 g/mol. The van der Waals surface area contributed by atoms with Crippen molar-refractivity contribution in [3.05, 3.63) is 100 Å². The lowest BCUT2D eigenvalue weighted by atomic mass is 9.95. The summed E-state index contributed by atoms with van der Waals surface area (Å²) in [6.45, 7) is 5.06. The average Bonchev–Trinajstić information content (AvgIpc) is 3.59. The maximum atomic E-state index is 13.5. The van der Waals surface area contributed by atoms with E-state index in [1.165, 1.54) is 28.0 Å². The zero-order valence-corrected chi connectivity index (χ0v) is 26.0. The van der Waals surface area contributed by atoms with E-state index in [4.69, 9.17) is 21.1 Å². The number of ketones is 1. The van der Waals surface area contributed by atoms with Crippen molar-refractivity contribution in [2.24, 2.45) is 0 Å². The van der Waals surface area contributed by atoms with E-state index in [9.17, 15) is 14.7 Å². The Morgan fingerprint density at radius 2 is 1.67 bits per heavy atom. The van der Waals surface area contributed by atoms with E-state index in [1.807, 2.05) is 31.2 Å². The zero-order chi connectivity index (χ0) is 30.3. The van der Waals surface area contributed by atoms with E-state index >= 15 is 0 Å². The van der Waals surface area contributed by atoms with E-state index in [0.717, 1.165) is 18.4 Å². The minimum absolute atomic E-state index is 0.0331. The first-order valence-corrected chi connectivity index (χ1v) is 16.1. The fourth-order valence-electron chi connectivity index (χ4n) is 4.57. The zero-order valence-electron chi connectivity index (χ0n) is 23.7. The quantitative estimate of drug-likeness (QED) is 0.0422. The number of aliphatic hydroxyl groups excluding tert-OH is 1. The molecule has 5 rings (SSSR count). The van der Waals surface area contributed by atoms with Gasteiger partial charge < -0.3 is 14.6 Å². The monoisotopic (exact) mass is 635 g/mol. The predicted molar refractivity (Wildman–Crippen MR) is 170 cm³/mol. The van der Waals surface area contributed by atoms with E-state index < -0.39 is 17.7 Å². The van der Waals surface area contributed by atoms with E-state index in [2.05, 4.69) is 17.1 Å². The van der Waals surface area contributed by atoms with Crippen LogP contribution in [0.4, 0.5) is 5.13 Å². The van der Waals surface area contributed by atoms with Crippen LogP contribution in [-0.4, -0.2) is 40.2 Å². The molecule has 0 aliphatic carbocycles. The predicted octanol–water partition coefficient (Wildman–Crippen LogP) is 7.69. The third-order valence-electron chi connectivity index (χ3n) is 6.76. The second-order valence-corrected chi connectivity index (χ2v) is 12.2. The van der Waals surface area contributed by atoms with Gasteiger partial charge in [-0.05, 0) is 66.9 Å². The first kappa shape index (κ1) is 30.6. The molecule has 1 N–H and O–H groups in total. The molecular weight excluding hydrogens is 606 g/mol. The van der Waals surface area contributed by atoms with Gasteiger partial charge in [-0.1, -0.05) is 78.4 Å². The summed E-state index contributed by atoms with van der Waals surface area (Å²) in [5.74, 6) is -0.00932. The van der Waals surface area contributed by atoms with Crippen LogP contribution in [0.1, 0.15) is 49.4 Å². The molecule has 11 heteroatoms. The number of halogens is 1. The molecule has 1 amide bonds. The molecular formula is C32H30ClN3O5S2. The standard InChI is InChI=1S/C32H30ClN3O5S2/c1-3-5-18-41-24-16-12-21(13-17-24)28(37)26-27(20-10-14-23(15-11-20)40-4-2)36(30(39)29(26)38)31-34-35-32(43-31)42-19-22-8-6-7-9-25(22)33/h6-17,27,37H,3-5,18-19H2,1-2H3/t27-/m0/s1. The van der Waals surface area contributed by atoms with Crippen molar-refractivity contribution in [2.45, 2.75) is 42.8 Å². The van der Waals surface area contributed by atoms with E-state index in [-0.39, 0.29) is 16.5 Å². The van der Waals surface area contributed by atoms with Crippen LogP contribution in [0.3, 0.4) is 0 Å². The molecule has 222 valence electrons. The molecule has 1 fully saturated rings. The molecule has 43 heavy (non-hydrogen) atoms. The number of carbonyl (C=O) groups excluding carboxylic acids is 2. The molecule has 4 aromatic rings. The highest BCUT2D eigenvalue weighted by molar-refractivity contribution is 8.00. The summed E-state index contributed by atoms with van der Waals surface area (Å²) >= 11 is 8.93. The van der Waals surface area contributed by atoms with Crippen molar-refractivity contribution in [3.8, 4) is 11.5 Å². The van der Waals surface area contributed by atoms with Gasteiger partial charge in [-0.25, -0.2) is 0 Å². The van der Waals surface area contributed by atoms with Gasteiger partial charge in [0, 0.05) is 16.3 Å². The van der Waals surface area contributed by atoms with Gasteiger partial charge >= 0.3 is 5.91 Å². The largest absolute Gasteiger partial charge is 0.507 e. The molecule has 0 saturated carbocycles. The first-order valence-electron chi connectivity index (χ1n) is 13.9. The van der Waals surface area contributed by atoms with Gasteiger partial charge in [-0.2, -0.15) is 0 Å². The second kappa shape index (κ2) is 14.1. The van der Waals surface area contributed by atoms with Gasteiger partial charge in [0.2, 0.25) is 5.13 Å². The molecule has 0 unspecified atom stereocenters. The Kier molecular flexibility index (Phi) is 10.0. The topological polar surface area (TPSA) is 102 Å². The van der Waals surface area contributed by atoms with Gasteiger partial charge in [0.05, 0.1) is 24.8 Å². The molecule has 0 bridgehead atoms. The first-order chi connectivity index (χ1) is 20.9. The lowest BCUT2D eigenvalue weighted by molar-refractivity contribution is -0.132. The number of ether oxygens (including phenoxy) is 2. The summed E-state index contributed by atoms with van der Waals surface area (Å²) in [4.78, 5) is 28.4. The molecule has 1 atom stereocenters. The van der Waals surface area contributed by atoms with Crippen molar-refractivity contribution in [3.63, 3.8) is 0 Å². The van der Waals surface area contributed by atoms with E-state index in [0.29, 0.717) is 51.0 Å². The van der Waals surface area contributed by atoms with Crippen LogP contribution in [0, 0.1) is 0 Å². The number of thioether (sulfide) groups is 1. The number of benzene rings is 3. The summed E-state index contributed by atoms with van der Waals surface area (Å²) in [6, 6.07) is 20.5. The molecule has 3 aromatic carbocycles. The van der Waals surface area contributed by atoms with Crippen molar-refractivity contribution in [1.82, 2.24) is 10.2 Å². The summed E-state index contributed by atoms with van der Waals surface area (Å²) in [5, 5.41) is 20.9. The van der Waals surface area contributed by atoms with Crippen molar-refractivity contribution >= 4 is 57.3 Å². The fourth-order valence-corrected chi connectivity index (χ4v) is 6.72. The van der Waals surface area contributed by atoms with Gasteiger partial charge in [0.25, 0.3) is 5.78 Å². The highest BCUT2D eigenvalue weighted by Crippen LogP contribution is 2.44. The minimum Gasteiger partial charge on any atom is -0.507 e. The fraction of sp³-hybridized carbons (Fsp3) is 0.250. The highest BCUT2D eigenvalue weighted by Gasteiger charge is 2.48. The summed E-state index contributed by atoms with van der Waals surface area (Å²) in [7, 11) is 0. The molecule has 1 saturated heterocycles. The van der Waals surface area contributed by atoms with Crippen LogP contribution < -0.4 is 14.4 Å². The number of aliphatic hydroxyl groups is 1. The number of Topliss-reactive ketones (excluding diaryl/α,β-unsaturated/α-hetero) is 1. The maximum absolute atomic E-state index is 13.5. The minimum atomic E-state index is -0.925. The Morgan fingerprint density at radius 1 is 0.977 bits per heavy atom. The number of unbranched alkanes of at least 4 members (excludes halogenated alkanes) is 1. The van der Waals surface area contributed by atoms with Crippen molar-refractivity contribution < 1.29 is 24.2 Å². The molecule has 1 aliphatic rings. The molecule has 0 spiro atoms. The third kappa shape index (κ3) is 6.87. The molecule has 1 aromatic heterocycles. The van der Waals surface area contributed by atoms with Crippen LogP contribution in [0.5, 0.6) is 11.5 Å². The Bertz CT molecular complexity index is 1620.